The van der Waals surface area contributed by atoms with Crippen LogP contribution >= 0.6 is 0 Å². The number of carbonyl (C=O) groups excluding carboxylic acids is 2. The van der Waals surface area contributed by atoms with E-state index in [0.717, 1.165) is 22.0 Å². The van der Waals surface area contributed by atoms with Crippen molar-refractivity contribution in [3.8, 4) is 5.75 Å². The summed E-state index contributed by atoms with van der Waals surface area (Å²) in [7, 11) is -2.66. The van der Waals surface area contributed by atoms with Crippen LogP contribution in [0.5, 0.6) is 5.75 Å². The molecule has 0 bridgehead atoms. The number of hydrogen-bond donors (Lipinski definition) is 1. The minimum Gasteiger partial charge on any atom is -0.497 e. The van der Waals surface area contributed by atoms with Crippen LogP contribution < -0.4 is 14.4 Å². The summed E-state index contributed by atoms with van der Waals surface area (Å²) in [5, 5.41) is 2.93. The van der Waals surface area contributed by atoms with Crippen LogP contribution in [0.1, 0.15) is 39.7 Å². The quantitative estimate of drug-likeness (QED) is 0.360. The maximum Gasteiger partial charge on any atom is 0.264 e. The van der Waals surface area contributed by atoms with Crippen LogP contribution in [0.25, 0.3) is 0 Å². The predicted molar refractivity (Wildman–Crippen MR) is 153 cm³/mol. The Morgan fingerprint density at radius 3 is 2.08 bits per heavy atom. The van der Waals surface area contributed by atoms with Gasteiger partial charge in [-0.25, -0.2) is 12.8 Å². The fraction of sp³-hybridized carbons (Fsp3) is 0.333. The van der Waals surface area contributed by atoms with E-state index in [0.29, 0.717) is 12.2 Å². The number of carbonyl (C=O) groups is 2. The molecule has 0 aliphatic rings. The Hall–Kier alpha value is -3.92. The molecule has 0 unspecified atom stereocenters. The van der Waals surface area contributed by atoms with Gasteiger partial charge in [-0.05, 0) is 81.3 Å². The number of benzene rings is 3. The first-order valence-electron chi connectivity index (χ1n) is 12.9. The maximum atomic E-state index is 14.0. The van der Waals surface area contributed by atoms with E-state index in [1.807, 2.05) is 20.8 Å². The summed E-state index contributed by atoms with van der Waals surface area (Å²) in [4.78, 5) is 28.7. The van der Waals surface area contributed by atoms with Crippen molar-refractivity contribution in [2.75, 3.05) is 18.0 Å². The minimum atomic E-state index is -4.21. The van der Waals surface area contributed by atoms with E-state index in [4.69, 9.17) is 4.74 Å². The van der Waals surface area contributed by atoms with Crippen LogP contribution in [-0.2, 0) is 26.2 Å². The first-order chi connectivity index (χ1) is 18.9. The third-order valence-electron chi connectivity index (χ3n) is 6.12. The number of ether oxygens (including phenoxy) is 1. The smallest absolute Gasteiger partial charge is 0.264 e. The number of methoxy groups -OCH3 is 1. The Bertz CT molecular complexity index is 1390. The number of amides is 2. The molecule has 0 heterocycles. The fourth-order valence-electron chi connectivity index (χ4n) is 4.16. The van der Waals surface area contributed by atoms with Crippen LogP contribution in [0.2, 0.25) is 0 Å². The second-order valence-electron chi connectivity index (χ2n) is 10.3. The van der Waals surface area contributed by atoms with E-state index in [9.17, 15) is 22.4 Å². The van der Waals surface area contributed by atoms with Crippen molar-refractivity contribution in [1.82, 2.24) is 10.2 Å². The summed E-state index contributed by atoms with van der Waals surface area (Å²) in [6.45, 7) is 6.78. The Morgan fingerprint density at radius 1 is 0.950 bits per heavy atom. The number of anilines is 1. The average Bonchev–Trinajstić information content (AvgIpc) is 2.92. The van der Waals surface area contributed by atoms with Gasteiger partial charge in [0.25, 0.3) is 10.0 Å². The number of sulfonamides is 1. The molecular weight excluding hydrogens is 533 g/mol. The highest BCUT2D eigenvalue weighted by Gasteiger charge is 2.34. The highest BCUT2D eigenvalue weighted by atomic mass is 32.2. The Morgan fingerprint density at radius 2 is 1.55 bits per heavy atom. The highest BCUT2D eigenvalue weighted by molar-refractivity contribution is 7.92. The third kappa shape index (κ3) is 7.81. The van der Waals surface area contributed by atoms with E-state index < -0.39 is 39.9 Å². The molecule has 10 heteroatoms. The molecule has 1 atom stereocenters. The van der Waals surface area contributed by atoms with Crippen LogP contribution in [0, 0.1) is 5.82 Å². The number of halogens is 1. The van der Waals surface area contributed by atoms with Gasteiger partial charge < -0.3 is 15.0 Å². The van der Waals surface area contributed by atoms with E-state index in [-0.39, 0.29) is 23.0 Å². The van der Waals surface area contributed by atoms with Crippen LogP contribution in [0.15, 0.2) is 83.8 Å². The predicted octanol–water partition coefficient (Wildman–Crippen LogP) is 4.75. The normalized spacial score (nSPS) is 12.3. The first kappa shape index (κ1) is 30.6. The van der Waals surface area contributed by atoms with E-state index in [1.54, 1.807) is 56.5 Å². The van der Waals surface area contributed by atoms with Gasteiger partial charge in [0, 0.05) is 12.1 Å². The zero-order valence-corrected chi connectivity index (χ0v) is 24.2. The number of nitrogens with zero attached hydrogens (tertiary/aromatic N) is 2. The van der Waals surface area contributed by atoms with E-state index in [2.05, 4.69) is 5.32 Å². The lowest BCUT2D eigenvalue weighted by Crippen LogP contribution is -2.55. The van der Waals surface area contributed by atoms with Crippen molar-refractivity contribution in [2.45, 2.75) is 57.1 Å². The summed E-state index contributed by atoms with van der Waals surface area (Å²) >= 11 is 0. The molecule has 0 aliphatic heterocycles. The molecule has 1 N–H and O–H groups in total. The maximum absolute atomic E-state index is 14.0. The molecule has 0 aromatic heterocycles. The summed E-state index contributed by atoms with van der Waals surface area (Å²) in [5.74, 6) is -0.847. The number of rotatable bonds is 11. The molecule has 0 aliphatic carbocycles. The molecule has 3 rings (SSSR count). The van der Waals surface area contributed by atoms with Gasteiger partial charge >= 0.3 is 0 Å². The summed E-state index contributed by atoms with van der Waals surface area (Å²) in [6, 6.07) is 18.8. The standard InChI is InChI=1S/C30H36FN3O5S/c1-6-27(29(36)32-30(2,3)4)33(20-22-12-18-25(39-5)19-13-22)28(35)21-34(24-16-14-23(31)15-17-24)40(37,38)26-10-8-7-9-11-26/h7-19,27H,6,20-21H2,1-5H3,(H,32,36)/t27-/m0/s1. The first-order valence-corrected chi connectivity index (χ1v) is 14.4. The van der Waals surface area contributed by atoms with E-state index >= 15 is 0 Å². The summed E-state index contributed by atoms with van der Waals surface area (Å²) in [6.07, 6.45) is 0.297. The van der Waals surface area contributed by atoms with Crippen molar-refractivity contribution in [1.29, 1.82) is 0 Å². The molecule has 0 radical (unpaired) electrons. The van der Waals surface area contributed by atoms with Gasteiger partial charge in [0.2, 0.25) is 11.8 Å². The molecule has 214 valence electrons. The van der Waals surface area contributed by atoms with Crippen molar-refractivity contribution in [3.05, 3.63) is 90.2 Å². The number of hydrogen-bond acceptors (Lipinski definition) is 5. The lowest BCUT2D eigenvalue weighted by molar-refractivity contribution is -0.141. The van der Waals surface area contributed by atoms with Crippen LogP contribution in [0.3, 0.4) is 0 Å². The molecule has 40 heavy (non-hydrogen) atoms. The second kappa shape index (κ2) is 13.0. The number of nitrogens with one attached hydrogen (secondary N) is 1. The summed E-state index contributed by atoms with van der Waals surface area (Å²) < 4.78 is 47.4. The largest absolute Gasteiger partial charge is 0.497 e. The monoisotopic (exact) mass is 569 g/mol. The van der Waals surface area contributed by atoms with Crippen molar-refractivity contribution in [3.63, 3.8) is 0 Å². The molecule has 0 saturated carbocycles. The van der Waals surface area contributed by atoms with Crippen molar-refractivity contribution >= 4 is 27.5 Å². The molecule has 3 aromatic rings. The van der Waals surface area contributed by atoms with Gasteiger partial charge in [-0.2, -0.15) is 0 Å². The van der Waals surface area contributed by atoms with Gasteiger partial charge in [-0.3, -0.25) is 13.9 Å². The molecule has 0 saturated heterocycles. The van der Waals surface area contributed by atoms with Gasteiger partial charge in [0.15, 0.2) is 0 Å². The van der Waals surface area contributed by atoms with Gasteiger partial charge in [-0.15, -0.1) is 0 Å². The molecule has 3 aromatic carbocycles. The van der Waals surface area contributed by atoms with Gasteiger partial charge in [-0.1, -0.05) is 37.3 Å². The molecule has 8 nitrogen and oxygen atoms in total. The Balaban J connectivity index is 2.05. The van der Waals surface area contributed by atoms with Gasteiger partial charge in [0.05, 0.1) is 17.7 Å². The highest BCUT2D eigenvalue weighted by Crippen LogP contribution is 2.25. The molecule has 2 amide bonds. The zero-order valence-electron chi connectivity index (χ0n) is 23.4. The lowest BCUT2D eigenvalue weighted by atomic mass is 10.1. The summed E-state index contributed by atoms with van der Waals surface area (Å²) in [5.41, 5.74) is 0.307. The molecule has 0 fully saturated rings. The average molecular weight is 570 g/mol. The Labute approximate surface area is 235 Å². The second-order valence-corrected chi connectivity index (χ2v) is 12.2. The zero-order chi connectivity index (χ0) is 29.5. The van der Waals surface area contributed by atoms with Crippen LogP contribution in [-0.4, -0.2) is 50.4 Å². The molecule has 0 spiro atoms. The molecular formula is C30H36FN3O5S. The minimum absolute atomic E-state index is 0.0219. The van der Waals surface area contributed by atoms with Crippen LogP contribution in [0.4, 0.5) is 10.1 Å². The third-order valence-corrected chi connectivity index (χ3v) is 7.91. The fourth-order valence-corrected chi connectivity index (χ4v) is 5.59. The lowest BCUT2D eigenvalue weighted by Gasteiger charge is -2.34. The Kier molecular flexibility index (Phi) is 9.92. The van der Waals surface area contributed by atoms with E-state index in [1.165, 1.54) is 29.2 Å². The van der Waals surface area contributed by atoms with Crippen molar-refractivity contribution in [2.24, 2.45) is 0 Å². The SMILES string of the molecule is CC[C@@H](C(=O)NC(C)(C)C)N(Cc1ccc(OC)cc1)C(=O)CN(c1ccc(F)cc1)S(=O)(=O)c1ccccc1. The topological polar surface area (TPSA) is 96.0 Å². The van der Waals surface area contributed by atoms with Crippen molar-refractivity contribution < 1.29 is 27.1 Å². The van der Waals surface area contributed by atoms with Gasteiger partial charge in [0.1, 0.15) is 24.2 Å².